The summed E-state index contributed by atoms with van der Waals surface area (Å²) in [5, 5.41) is 11.9. The zero-order chi connectivity index (χ0) is 18.0. The molecule has 0 aliphatic rings. The molecule has 0 saturated heterocycles. The Hall–Kier alpha value is -2.12. The van der Waals surface area contributed by atoms with Crippen molar-refractivity contribution >= 4 is 39.3 Å². The Morgan fingerprint density at radius 3 is 2.52 bits per heavy atom. The van der Waals surface area contributed by atoms with Crippen LogP contribution in [-0.2, 0) is 17.9 Å². The van der Waals surface area contributed by atoms with Crippen molar-refractivity contribution in [3.8, 4) is 0 Å². The summed E-state index contributed by atoms with van der Waals surface area (Å²) in [7, 11) is 0. The Morgan fingerprint density at radius 2 is 1.88 bits per heavy atom. The van der Waals surface area contributed by atoms with Gasteiger partial charge in [-0.05, 0) is 35.3 Å². The zero-order valence-corrected chi connectivity index (χ0v) is 16.2. The molecule has 0 spiro atoms. The third kappa shape index (κ3) is 4.49. The van der Waals surface area contributed by atoms with Gasteiger partial charge in [0, 0.05) is 12.4 Å². The number of carbonyl (C=O) groups excluding carboxylic acids is 1. The van der Waals surface area contributed by atoms with Crippen LogP contribution >= 0.6 is 27.5 Å². The van der Waals surface area contributed by atoms with Gasteiger partial charge >= 0.3 is 0 Å². The number of benzene rings is 1. The molecule has 3 aromatic rings. The summed E-state index contributed by atoms with van der Waals surface area (Å²) in [6, 6.07) is 8.25. The fourth-order valence-corrected chi connectivity index (χ4v) is 2.90. The van der Waals surface area contributed by atoms with Crippen LogP contribution in [0.25, 0.3) is 0 Å². The molecule has 2 heterocycles. The maximum Gasteiger partial charge on any atom is 0.247 e. The van der Waals surface area contributed by atoms with Crippen molar-refractivity contribution in [3.05, 3.63) is 63.0 Å². The van der Waals surface area contributed by atoms with E-state index in [-0.39, 0.29) is 12.5 Å². The number of halogens is 2. The quantitative estimate of drug-likeness (QED) is 0.680. The van der Waals surface area contributed by atoms with E-state index in [0.29, 0.717) is 23.1 Å². The highest BCUT2D eigenvalue weighted by Crippen LogP contribution is 2.21. The molecule has 6 nitrogen and oxygen atoms in total. The van der Waals surface area contributed by atoms with Crippen molar-refractivity contribution in [1.29, 1.82) is 0 Å². The molecule has 3 rings (SSSR count). The minimum Gasteiger partial charge on any atom is -0.307 e. The Bertz CT molecular complexity index is 881. The number of nitrogens with zero attached hydrogens (tertiary/aromatic N) is 4. The number of anilines is 1. The van der Waals surface area contributed by atoms with Gasteiger partial charge in [0.2, 0.25) is 5.91 Å². The molecule has 0 atom stereocenters. The van der Waals surface area contributed by atoms with Gasteiger partial charge in [0.1, 0.15) is 6.54 Å². The minimum absolute atomic E-state index is 0.0742. The average molecular weight is 423 g/mol. The Kier molecular flexibility index (Phi) is 5.24. The van der Waals surface area contributed by atoms with E-state index in [1.807, 2.05) is 6.20 Å². The summed E-state index contributed by atoms with van der Waals surface area (Å²) in [5.41, 5.74) is 3.05. The predicted octanol–water partition coefficient (Wildman–Crippen LogP) is 3.80. The number of rotatable bonds is 5. The minimum atomic E-state index is -0.222. The van der Waals surface area contributed by atoms with Gasteiger partial charge < -0.3 is 5.32 Å². The lowest BCUT2D eigenvalue weighted by Crippen LogP contribution is -2.19. The Morgan fingerprint density at radius 1 is 1.16 bits per heavy atom. The Balaban J connectivity index is 1.65. The van der Waals surface area contributed by atoms with E-state index in [1.165, 1.54) is 10.2 Å². The van der Waals surface area contributed by atoms with Crippen LogP contribution in [0.2, 0.25) is 5.02 Å². The van der Waals surface area contributed by atoms with Gasteiger partial charge in [0.25, 0.3) is 0 Å². The number of nitrogens with one attached hydrogen (secondary N) is 1. The monoisotopic (exact) mass is 421 g/mol. The zero-order valence-electron chi connectivity index (χ0n) is 13.8. The molecule has 1 N–H and O–H groups in total. The van der Waals surface area contributed by atoms with Crippen LogP contribution in [0.15, 0.2) is 41.1 Å². The highest BCUT2D eigenvalue weighted by molar-refractivity contribution is 9.10. The molecular formula is C17H17BrClN5O. The molecule has 1 amide bonds. The maximum atomic E-state index is 12.2. The fourth-order valence-electron chi connectivity index (χ4n) is 2.34. The molecule has 1 aromatic carbocycles. The molecule has 0 bridgehead atoms. The summed E-state index contributed by atoms with van der Waals surface area (Å²) in [6.07, 6.45) is 3.46. The van der Waals surface area contributed by atoms with Crippen molar-refractivity contribution in [2.24, 2.45) is 0 Å². The maximum absolute atomic E-state index is 12.2. The molecule has 0 aliphatic carbocycles. The lowest BCUT2D eigenvalue weighted by Gasteiger charge is -2.04. The van der Waals surface area contributed by atoms with Gasteiger partial charge in [-0.15, -0.1) is 0 Å². The van der Waals surface area contributed by atoms with Crippen LogP contribution in [0.1, 0.15) is 16.8 Å². The molecule has 130 valence electrons. The number of carbonyl (C=O) groups is 1. The van der Waals surface area contributed by atoms with Crippen LogP contribution in [0.4, 0.5) is 5.82 Å². The first-order chi connectivity index (χ1) is 11.9. The van der Waals surface area contributed by atoms with E-state index in [1.54, 1.807) is 17.8 Å². The summed E-state index contributed by atoms with van der Waals surface area (Å²) < 4.78 is 4.01. The number of hydrogen-bond donors (Lipinski definition) is 1. The first-order valence-corrected chi connectivity index (χ1v) is 8.85. The van der Waals surface area contributed by atoms with Crippen LogP contribution in [0.3, 0.4) is 0 Å². The molecule has 0 radical (unpaired) electrons. The first-order valence-electron chi connectivity index (χ1n) is 7.68. The van der Waals surface area contributed by atoms with E-state index < -0.39 is 0 Å². The number of aromatic nitrogens is 4. The van der Waals surface area contributed by atoms with E-state index in [0.717, 1.165) is 10.0 Å². The van der Waals surface area contributed by atoms with Crippen molar-refractivity contribution < 1.29 is 4.79 Å². The van der Waals surface area contributed by atoms with Crippen LogP contribution in [0.5, 0.6) is 0 Å². The second-order valence-electron chi connectivity index (χ2n) is 5.82. The van der Waals surface area contributed by atoms with E-state index in [9.17, 15) is 4.79 Å². The third-order valence-electron chi connectivity index (χ3n) is 3.63. The van der Waals surface area contributed by atoms with Crippen molar-refractivity contribution in [3.63, 3.8) is 0 Å². The molecule has 0 aliphatic heterocycles. The molecule has 0 fully saturated rings. The Labute approximate surface area is 158 Å². The van der Waals surface area contributed by atoms with Gasteiger partial charge in [-0.25, -0.2) is 0 Å². The van der Waals surface area contributed by atoms with Gasteiger partial charge in [-0.3, -0.25) is 14.2 Å². The van der Waals surface area contributed by atoms with E-state index in [4.69, 9.17) is 11.6 Å². The fraction of sp³-hybridized carbons (Fsp3) is 0.235. The summed E-state index contributed by atoms with van der Waals surface area (Å²) >= 11 is 9.38. The molecule has 0 unspecified atom stereocenters. The first kappa shape index (κ1) is 17.7. The lowest BCUT2D eigenvalue weighted by molar-refractivity contribution is -0.116. The van der Waals surface area contributed by atoms with E-state index >= 15 is 0 Å². The van der Waals surface area contributed by atoms with Crippen molar-refractivity contribution in [2.75, 3.05) is 5.32 Å². The number of hydrogen-bond acceptors (Lipinski definition) is 3. The average Bonchev–Trinajstić information content (AvgIpc) is 3.04. The second kappa shape index (κ2) is 7.41. The van der Waals surface area contributed by atoms with Gasteiger partial charge in [0.05, 0.1) is 21.7 Å². The van der Waals surface area contributed by atoms with Crippen LogP contribution in [-0.4, -0.2) is 25.5 Å². The molecule has 8 heteroatoms. The van der Waals surface area contributed by atoms with Gasteiger partial charge in [0.15, 0.2) is 5.82 Å². The van der Waals surface area contributed by atoms with Crippen LogP contribution in [0, 0.1) is 13.8 Å². The standard InChI is InChI=1S/C17H17BrClN5O/c1-11-3-5-13(6-4-11)7-23-8-14(18)17(22-23)20-16(25)10-24-9-15(19)12(2)21-24/h3-6,8-9H,7,10H2,1-2H3,(H,20,22,25). The second-order valence-corrected chi connectivity index (χ2v) is 7.08. The topological polar surface area (TPSA) is 64.7 Å². The van der Waals surface area contributed by atoms with Crippen LogP contribution < -0.4 is 5.32 Å². The van der Waals surface area contributed by atoms with Crippen molar-refractivity contribution in [2.45, 2.75) is 26.9 Å². The highest BCUT2D eigenvalue weighted by Gasteiger charge is 2.12. The summed E-state index contributed by atoms with van der Waals surface area (Å²) in [4.78, 5) is 12.2. The van der Waals surface area contributed by atoms with Gasteiger partial charge in [-0.1, -0.05) is 41.4 Å². The molecular weight excluding hydrogens is 406 g/mol. The molecule has 0 saturated carbocycles. The number of amides is 1. The summed E-state index contributed by atoms with van der Waals surface area (Å²) in [6.45, 7) is 4.55. The molecule has 2 aromatic heterocycles. The predicted molar refractivity (Wildman–Crippen MR) is 101 cm³/mol. The normalized spacial score (nSPS) is 10.9. The smallest absolute Gasteiger partial charge is 0.247 e. The SMILES string of the molecule is Cc1ccc(Cn2cc(Br)c(NC(=O)Cn3cc(Cl)c(C)n3)n2)cc1. The lowest BCUT2D eigenvalue weighted by atomic mass is 10.1. The number of aryl methyl sites for hydroxylation is 2. The van der Waals surface area contributed by atoms with Gasteiger partial charge in [-0.2, -0.15) is 10.2 Å². The third-order valence-corrected chi connectivity index (χ3v) is 4.58. The molecule has 25 heavy (non-hydrogen) atoms. The summed E-state index contributed by atoms with van der Waals surface area (Å²) in [5.74, 6) is 0.257. The largest absolute Gasteiger partial charge is 0.307 e. The highest BCUT2D eigenvalue weighted by atomic mass is 79.9. The van der Waals surface area contributed by atoms with Crippen molar-refractivity contribution in [1.82, 2.24) is 19.6 Å². The van der Waals surface area contributed by atoms with E-state index in [2.05, 4.69) is 62.6 Å².